The standard InChI is InChI=1S/C23H32FN5O3/c1-4-27-13-10-23(19(27)30)16-29(21(32)26(2)3)15-22(23)8-11-28(12-9-22)20(31)25-18-7-5-6-17(24)14-18/h5-7,14H,4,8-13,15-16H2,1-3H3,(H,25,31)/t23-/m1/s1. The van der Waals surface area contributed by atoms with Gasteiger partial charge in [0.15, 0.2) is 0 Å². The number of carbonyl (C=O) groups is 3. The first kappa shape index (κ1) is 22.4. The fourth-order valence-electron chi connectivity index (χ4n) is 5.80. The summed E-state index contributed by atoms with van der Waals surface area (Å²) in [6.45, 7) is 5.33. The van der Waals surface area contributed by atoms with Crippen LogP contribution in [0.15, 0.2) is 24.3 Å². The second-order valence-corrected chi connectivity index (χ2v) is 9.46. The van der Waals surface area contributed by atoms with Crippen LogP contribution in [0.3, 0.4) is 0 Å². The normalized spacial score (nSPS) is 24.5. The molecule has 1 N–H and O–H groups in total. The fourth-order valence-corrected chi connectivity index (χ4v) is 5.80. The highest BCUT2D eigenvalue weighted by molar-refractivity contribution is 5.90. The number of anilines is 1. The van der Waals surface area contributed by atoms with Crippen molar-refractivity contribution in [3.63, 3.8) is 0 Å². The molecule has 0 aromatic heterocycles. The fraction of sp³-hybridized carbons (Fsp3) is 0.609. The zero-order valence-corrected chi connectivity index (χ0v) is 19.1. The maximum absolute atomic E-state index is 13.5. The monoisotopic (exact) mass is 445 g/mol. The van der Waals surface area contributed by atoms with E-state index in [1.807, 2.05) is 16.7 Å². The van der Waals surface area contributed by atoms with Crippen LogP contribution in [-0.2, 0) is 4.79 Å². The Kier molecular flexibility index (Phi) is 5.77. The molecule has 3 fully saturated rings. The molecule has 0 saturated carbocycles. The lowest BCUT2D eigenvalue weighted by Gasteiger charge is -2.46. The number of urea groups is 2. The highest BCUT2D eigenvalue weighted by Crippen LogP contribution is 2.58. The van der Waals surface area contributed by atoms with Crippen LogP contribution >= 0.6 is 0 Å². The molecule has 3 heterocycles. The van der Waals surface area contributed by atoms with Crippen molar-refractivity contribution in [2.45, 2.75) is 26.2 Å². The first-order chi connectivity index (χ1) is 15.2. The van der Waals surface area contributed by atoms with Crippen LogP contribution in [0, 0.1) is 16.6 Å². The first-order valence-electron chi connectivity index (χ1n) is 11.3. The number of likely N-dealkylation sites (tertiary alicyclic amines) is 3. The number of amides is 5. The summed E-state index contributed by atoms with van der Waals surface area (Å²) >= 11 is 0. The number of carbonyl (C=O) groups excluding carboxylic acids is 3. The van der Waals surface area contributed by atoms with Gasteiger partial charge in [-0.1, -0.05) is 6.07 Å². The molecule has 32 heavy (non-hydrogen) atoms. The molecule has 0 bridgehead atoms. The molecule has 4 rings (SSSR count). The number of rotatable bonds is 2. The molecule has 3 aliphatic heterocycles. The predicted octanol–water partition coefficient (Wildman–Crippen LogP) is 2.68. The highest BCUT2D eigenvalue weighted by atomic mass is 19.1. The van der Waals surface area contributed by atoms with E-state index >= 15 is 0 Å². The quantitative estimate of drug-likeness (QED) is 0.761. The summed E-state index contributed by atoms with van der Waals surface area (Å²) in [5, 5.41) is 2.76. The van der Waals surface area contributed by atoms with Gasteiger partial charge in [0.05, 0.1) is 5.41 Å². The Morgan fingerprint density at radius 2 is 1.81 bits per heavy atom. The molecule has 1 aromatic rings. The third-order valence-electron chi connectivity index (χ3n) is 7.59. The van der Waals surface area contributed by atoms with E-state index in [0.717, 1.165) is 6.42 Å². The summed E-state index contributed by atoms with van der Waals surface area (Å²) < 4.78 is 13.4. The maximum Gasteiger partial charge on any atom is 0.321 e. The summed E-state index contributed by atoms with van der Waals surface area (Å²) in [6.07, 6.45) is 2.06. The van der Waals surface area contributed by atoms with E-state index in [0.29, 0.717) is 57.8 Å². The zero-order valence-electron chi connectivity index (χ0n) is 19.1. The molecule has 8 nitrogen and oxygen atoms in total. The molecule has 0 aliphatic carbocycles. The number of fused-ring (bicyclic) bond motifs is 1. The summed E-state index contributed by atoms with van der Waals surface area (Å²) in [5.41, 5.74) is -0.505. The lowest BCUT2D eigenvalue weighted by Crippen LogP contribution is -2.54. The highest BCUT2D eigenvalue weighted by Gasteiger charge is 2.66. The largest absolute Gasteiger partial charge is 0.342 e. The number of benzene rings is 1. The SMILES string of the molecule is CCN1CC[C@@]2(CN(C(=O)N(C)C)CC23CCN(C(=O)Nc2cccc(F)c2)CC3)C1=O. The van der Waals surface area contributed by atoms with Crippen molar-refractivity contribution in [2.24, 2.45) is 10.8 Å². The molecule has 0 radical (unpaired) electrons. The van der Waals surface area contributed by atoms with Crippen LogP contribution in [0.25, 0.3) is 0 Å². The number of halogens is 1. The summed E-state index contributed by atoms with van der Waals surface area (Å²) in [4.78, 5) is 46.1. The van der Waals surface area contributed by atoms with E-state index in [2.05, 4.69) is 5.32 Å². The molecule has 3 saturated heterocycles. The Morgan fingerprint density at radius 1 is 1.09 bits per heavy atom. The van der Waals surface area contributed by atoms with Crippen molar-refractivity contribution in [2.75, 3.05) is 58.7 Å². The molecule has 174 valence electrons. The van der Waals surface area contributed by atoms with Crippen molar-refractivity contribution < 1.29 is 18.8 Å². The Bertz CT molecular complexity index is 915. The van der Waals surface area contributed by atoms with E-state index in [-0.39, 0.29) is 23.4 Å². The van der Waals surface area contributed by atoms with Gasteiger partial charge in [0.2, 0.25) is 5.91 Å². The molecule has 2 spiro atoms. The molecule has 5 amide bonds. The van der Waals surface area contributed by atoms with Gasteiger partial charge >= 0.3 is 12.1 Å². The number of hydrogen-bond acceptors (Lipinski definition) is 3. The molecular formula is C23H32FN5O3. The third-order valence-corrected chi connectivity index (χ3v) is 7.59. The summed E-state index contributed by atoms with van der Waals surface area (Å²) in [7, 11) is 3.46. The summed E-state index contributed by atoms with van der Waals surface area (Å²) in [5.74, 6) is -0.258. The Balaban J connectivity index is 1.52. The molecular weight excluding hydrogens is 413 g/mol. The molecule has 0 unspecified atom stereocenters. The van der Waals surface area contributed by atoms with Crippen molar-refractivity contribution in [1.82, 2.24) is 19.6 Å². The lowest BCUT2D eigenvalue weighted by molar-refractivity contribution is -0.141. The van der Waals surface area contributed by atoms with E-state index in [1.54, 1.807) is 36.0 Å². The van der Waals surface area contributed by atoms with Crippen molar-refractivity contribution >= 4 is 23.7 Å². The van der Waals surface area contributed by atoms with E-state index in [4.69, 9.17) is 0 Å². The lowest BCUT2D eigenvalue weighted by atomic mass is 9.60. The van der Waals surface area contributed by atoms with Gasteiger partial charge in [-0.05, 0) is 44.4 Å². The van der Waals surface area contributed by atoms with Crippen LogP contribution < -0.4 is 5.32 Å². The van der Waals surface area contributed by atoms with Crippen LogP contribution in [0.4, 0.5) is 19.7 Å². The number of nitrogens with zero attached hydrogens (tertiary/aromatic N) is 4. The van der Waals surface area contributed by atoms with Crippen LogP contribution in [0.2, 0.25) is 0 Å². The van der Waals surface area contributed by atoms with Crippen LogP contribution in [0.1, 0.15) is 26.2 Å². The van der Waals surface area contributed by atoms with Crippen LogP contribution in [0.5, 0.6) is 0 Å². The number of piperidine rings is 1. The second-order valence-electron chi connectivity index (χ2n) is 9.46. The van der Waals surface area contributed by atoms with E-state index in [1.165, 1.54) is 12.1 Å². The molecule has 1 aromatic carbocycles. The Labute approximate surface area is 188 Å². The van der Waals surface area contributed by atoms with Crippen molar-refractivity contribution in [1.29, 1.82) is 0 Å². The minimum absolute atomic E-state index is 0.0738. The zero-order chi connectivity index (χ0) is 23.1. The van der Waals surface area contributed by atoms with Gasteiger partial charge in [-0.3, -0.25) is 4.79 Å². The van der Waals surface area contributed by atoms with Crippen molar-refractivity contribution in [3.8, 4) is 0 Å². The van der Waals surface area contributed by atoms with Gasteiger partial charge in [-0.2, -0.15) is 0 Å². The van der Waals surface area contributed by atoms with Crippen molar-refractivity contribution in [3.05, 3.63) is 30.1 Å². The van der Waals surface area contributed by atoms with Crippen LogP contribution in [-0.4, -0.2) is 90.9 Å². The van der Waals surface area contributed by atoms with E-state index in [9.17, 15) is 18.8 Å². The Morgan fingerprint density at radius 3 is 2.41 bits per heavy atom. The van der Waals surface area contributed by atoms with E-state index < -0.39 is 11.2 Å². The van der Waals surface area contributed by atoms with Gasteiger partial charge in [0.1, 0.15) is 5.82 Å². The first-order valence-corrected chi connectivity index (χ1v) is 11.3. The second kappa shape index (κ2) is 8.26. The Hall–Kier alpha value is -2.84. The van der Waals surface area contributed by atoms with Gasteiger partial charge in [0, 0.05) is 64.5 Å². The number of hydrogen-bond donors (Lipinski definition) is 1. The number of nitrogens with one attached hydrogen (secondary N) is 1. The smallest absolute Gasteiger partial charge is 0.321 e. The minimum Gasteiger partial charge on any atom is -0.342 e. The average Bonchev–Trinajstić information content (AvgIpc) is 3.26. The molecule has 1 atom stereocenters. The molecule has 9 heteroatoms. The van der Waals surface area contributed by atoms with Gasteiger partial charge in [-0.25, -0.2) is 14.0 Å². The predicted molar refractivity (Wildman–Crippen MR) is 119 cm³/mol. The van der Waals surface area contributed by atoms with Gasteiger partial charge in [-0.15, -0.1) is 0 Å². The van der Waals surface area contributed by atoms with Gasteiger partial charge < -0.3 is 24.9 Å². The topological polar surface area (TPSA) is 76.2 Å². The minimum atomic E-state index is -0.584. The third kappa shape index (κ3) is 3.57. The summed E-state index contributed by atoms with van der Waals surface area (Å²) in [6, 6.07) is 5.48. The molecule has 3 aliphatic rings. The maximum atomic E-state index is 13.5. The average molecular weight is 446 g/mol. The van der Waals surface area contributed by atoms with Gasteiger partial charge in [0.25, 0.3) is 0 Å².